The number of fused-ring (bicyclic) bond motifs is 1. The summed E-state index contributed by atoms with van der Waals surface area (Å²) < 4.78 is 7.31. The molecule has 5 nitrogen and oxygen atoms in total. The van der Waals surface area contributed by atoms with E-state index in [1.807, 2.05) is 62.5 Å². The number of aromatic nitrogens is 2. The van der Waals surface area contributed by atoms with Crippen LogP contribution in [0, 0.1) is 0 Å². The van der Waals surface area contributed by atoms with Crippen molar-refractivity contribution < 1.29 is 9.53 Å². The van der Waals surface area contributed by atoms with Crippen LogP contribution in [0.25, 0.3) is 11.0 Å². The van der Waals surface area contributed by atoms with Crippen molar-refractivity contribution in [1.29, 1.82) is 0 Å². The van der Waals surface area contributed by atoms with E-state index < -0.39 is 0 Å². The lowest BCUT2D eigenvalue weighted by Gasteiger charge is -2.25. The van der Waals surface area contributed by atoms with Crippen LogP contribution in [0.3, 0.4) is 0 Å². The molecule has 1 heterocycles. The van der Waals surface area contributed by atoms with Gasteiger partial charge in [-0.25, -0.2) is 4.98 Å². The molecule has 0 spiro atoms. The van der Waals surface area contributed by atoms with Crippen molar-refractivity contribution in [2.45, 2.75) is 24.7 Å². The van der Waals surface area contributed by atoms with Crippen molar-refractivity contribution in [3.8, 4) is 0 Å². The zero-order valence-electron chi connectivity index (χ0n) is 16.3. The van der Waals surface area contributed by atoms with E-state index in [-0.39, 0.29) is 11.9 Å². The maximum Gasteiger partial charge on any atom is 0.233 e. The molecule has 1 aromatic heterocycles. The summed E-state index contributed by atoms with van der Waals surface area (Å²) in [6.45, 7) is 3.27. The third-order valence-corrected chi connectivity index (χ3v) is 5.97. The van der Waals surface area contributed by atoms with E-state index in [1.165, 1.54) is 11.8 Å². The molecule has 3 aromatic rings. The Bertz CT molecular complexity index is 945. The molecule has 28 heavy (non-hydrogen) atoms. The molecule has 0 aliphatic carbocycles. The number of nitrogens with zero attached hydrogens (tertiary/aromatic N) is 3. The number of thioether (sulfide) groups is 1. The van der Waals surface area contributed by atoms with E-state index in [0.717, 1.165) is 21.8 Å². The number of amides is 1. The lowest BCUT2D eigenvalue weighted by atomic mass is 10.1. The van der Waals surface area contributed by atoms with Gasteiger partial charge in [-0.2, -0.15) is 0 Å². The van der Waals surface area contributed by atoms with Gasteiger partial charge in [0.2, 0.25) is 5.91 Å². The number of rotatable bonds is 8. The molecule has 3 rings (SSSR count). The fourth-order valence-corrected chi connectivity index (χ4v) is 4.12. The average molecular weight is 418 g/mol. The highest BCUT2D eigenvalue weighted by Gasteiger charge is 2.19. The Morgan fingerprint density at radius 2 is 2.04 bits per heavy atom. The number of benzene rings is 2. The van der Waals surface area contributed by atoms with Crippen LogP contribution < -0.4 is 0 Å². The molecular weight excluding hydrogens is 394 g/mol. The predicted octanol–water partition coefficient (Wildman–Crippen LogP) is 4.65. The summed E-state index contributed by atoms with van der Waals surface area (Å²) in [6.07, 6.45) is 0. The highest BCUT2D eigenvalue weighted by atomic mass is 35.5. The summed E-state index contributed by atoms with van der Waals surface area (Å²) in [5.74, 6) is 0.377. The summed E-state index contributed by atoms with van der Waals surface area (Å²) in [5, 5.41) is 1.44. The maximum absolute atomic E-state index is 12.7. The van der Waals surface area contributed by atoms with Gasteiger partial charge in [0, 0.05) is 25.7 Å². The minimum atomic E-state index is 0.0143. The molecule has 7 heteroatoms. The first-order valence-corrected chi connectivity index (χ1v) is 10.5. The van der Waals surface area contributed by atoms with Gasteiger partial charge in [-0.3, -0.25) is 4.79 Å². The van der Waals surface area contributed by atoms with Crippen molar-refractivity contribution >= 4 is 40.3 Å². The van der Waals surface area contributed by atoms with Gasteiger partial charge in [-0.1, -0.05) is 53.7 Å². The number of methoxy groups -OCH3 is 1. The van der Waals surface area contributed by atoms with Gasteiger partial charge in [0.25, 0.3) is 0 Å². The van der Waals surface area contributed by atoms with Crippen molar-refractivity contribution in [1.82, 2.24) is 14.5 Å². The van der Waals surface area contributed by atoms with E-state index in [4.69, 9.17) is 16.3 Å². The highest BCUT2D eigenvalue weighted by molar-refractivity contribution is 7.99. The van der Waals surface area contributed by atoms with Gasteiger partial charge >= 0.3 is 0 Å². The van der Waals surface area contributed by atoms with Crippen LogP contribution in [0.15, 0.2) is 53.7 Å². The number of imidazole rings is 1. The SMILES string of the molecule is COCCn1c(SCC(=O)N(C)[C@@H](C)c2ccccc2)nc2cc(Cl)ccc21. The summed E-state index contributed by atoms with van der Waals surface area (Å²) in [6, 6.07) is 15.7. The van der Waals surface area contributed by atoms with E-state index >= 15 is 0 Å². The Morgan fingerprint density at radius 3 is 2.75 bits per heavy atom. The molecule has 0 aliphatic heterocycles. The monoisotopic (exact) mass is 417 g/mol. The summed E-state index contributed by atoms with van der Waals surface area (Å²) in [4.78, 5) is 19.2. The van der Waals surface area contributed by atoms with Gasteiger partial charge in [-0.05, 0) is 30.7 Å². The fourth-order valence-electron chi connectivity index (χ4n) is 2.99. The number of hydrogen-bond acceptors (Lipinski definition) is 4. The summed E-state index contributed by atoms with van der Waals surface area (Å²) >= 11 is 7.55. The molecular formula is C21H24ClN3O2S. The minimum absolute atomic E-state index is 0.0143. The van der Waals surface area contributed by atoms with Crippen molar-refractivity contribution in [3.63, 3.8) is 0 Å². The quantitative estimate of drug-likeness (QED) is 0.500. The number of hydrogen-bond donors (Lipinski definition) is 0. The normalized spacial score (nSPS) is 12.3. The van der Waals surface area contributed by atoms with Gasteiger partial charge in [-0.15, -0.1) is 0 Å². The largest absolute Gasteiger partial charge is 0.383 e. The number of carbonyl (C=O) groups is 1. The first-order valence-electron chi connectivity index (χ1n) is 9.09. The van der Waals surface area contributed by atoms with Crippen LogP contribution in [0.5, 0.6) is 0 Å². The molecule has 2 aromatic carbocycles. The molecule has 0 fully saturated rings. The number of ether oxygens (including phenoxy) is 1. The topological polar surface area (TPSA) is 47.4 Å². The lowest BCUT2D eigenvalue weighted by Crippen LogP contribution is -2.31. The first kappa shape index (κ1) is 20.7. The predicted molar refractivity (Wildman–Crippen MR) is 115 cm³/mol. The third-order valence-electron chi connectivity index (χ3n) is 4.78. The van der Waals surface area contributed by atoms with E-state index in [1.54, 1.807) is 12.0 Å². The zero-order chi connectivity index (χ0) is 20.1. The smallest absolute Gasteiger partial charge is 0.233 e. The molecule has 1 atom stereocenters. The van der Waals surface area contributed by atoms with E-state index in [2.05, 4.69) is 9.55 Å². The second-order valence-electron chi connectivity index (χ2n) is 6.55. The number of carbonyl (C=O) groups excluding carboxylic acids is 1. The van der Waals surface area contributed by atoms with Gasteiger partial charge in [0.15, 0.2) is 5.16 Å². The van der Waals surface area contributed by atoms with Gasteiger partial charge in [0.05, 0.1) is 29.4 Å². The van der Waals surface area contributed by atoms with Crippen molar-refractivity contribution in [2.24, 2.45) is 0 Å². The molecule has 0 N–H and O–H groups in total. The van der Waals surface area contributed by atoms with Crippen LogP contribution in [-0.2, 0) is 16.1 Å². The Morgan fingerprint density at radius 1 is 1.29 bits per heavy atom. The second-order valence-corrected chi connectivity index (χ2v) is 7.93. The highest BCUT2D eigenvalue weighted by Crippen LogP contribution is 2.27. The minimum Gasteiger partial charge on any atom is -0.383 e. The first-order chi connectivity index (χ1) is 13.5. The standard InChI is InChI=1S/C21H24ClN3O2S/c1-15(16-7-5-4-6-8-16)24(2)20(26)14-28-21-23-18-13-17(22)9-10-19(18)25(21)11-12-27-3/h4-10,13,15H,11-12,14H2,1-3H3/t15-/m0/s1. The molecule has 0 saturated carbocycles. The van der Waals surface area contributed by atoms with Crippen molar-refractivity contribution in [3.05, 3.63) is 59.1 Å². The molecule has 0 saturated heterocycles. The van der Waals surface area contributed by atoms with Crippen LogP contribution in [0.4, 0.5) is 0 Å². The molecule has 1 amide bonds. The molecule has 148 valence electrons. The van der Waals surface area contributed by atoms with E-state index in [0.29, 0.717) is 23.9 Å². The zero-order valence-corrected chi connectivity index (χ0v) is 17.8. The van der Waals surface area contributed by atoms with Crippen LogP contribution >= 0.6 is 23.4 Å². The average Bonchev–Trinajstić information content (AvgIpc) is 3.06. The molecule has 0 aliphatic rings. The lowest BCUT2D eigenvalue weighted by molar-refractivity contribution is -0.128. The third kappa shape index (κ3) is 4.69. The number of halogens is 1. The van der Waals surface area contributed by atoms with Crippen molar-refractivity contribution in [2.75, 3.05) is 26.5 Å². The molecule has 0 unspecified atom stereocenters. The summed E-state index contributed by atoms with van der Waals surface area (Å²) in [5.41, 5.74) is 2.93. The van der Waals surface area contributed by atoms with Gasteiger partial charge in [0.1, 0.15) is 0 Å². The molecule has 0 radical (unpaired) electrons. The molecule has 0 bridgehead atoms. The van der Waals surface area contributed by atoms with Crippen LogP contribution in [0.2, 0.25) is 5.02 Å². The Hall–Kier alpha value is -2.02. The van der Waals surface area contributed by atoms with E-state index in [9.17, 15) is 4.79 Å². The fraction of sp³-hybridized carbons (Fsp3) is 0.333. The summed E-state index contributed by atoms with van der Waals surface area (Å²) in [7, 11) is 3.51. The Balaban J connectivity index is 1.74. The maximum atomic E-state index is 12.7. The van der Waals surface area contributed by atoms with Crippen LogP contribution in [0.1, 0.15) is 18.5 Å². The Labute approximate surface area is 174 Å². The van der Waals surface area contributed by atoms with Gasteiger partial charge < -0.3 is 14.2 Å². The second kappa shape index (κ2) is 9.45. The Kier molecular flexibility index (Phi) is 6.99. The van der Waals surface area contributed by atoms with Crippen LogP contribution in [-0.4, -0.2) is 46.9 Å².